The highest BCUT2D eigenvalue weighted by atomic mass is 16.5. The van der Waals surface area contributed by atoms with Gasteiger partial charge in [-0.25, -0.2) is 9.98 Å². The van der Waals surface area contributed by atoms with Gasteiger partial charge in [0.1, 0.15) is 6.10 Å². The van der Waals surface area contributed by atoms with E-state index in [0.29, 0.717) is 24.9 Å². The molecule has 0 atom stereocenters. The van der Waals surface area contributed by atoms with Crippen LogP contribution in [0.25, 0.3) is 0 Å². The zero-order chi connectivity index (χ0) is 19.7. The predicted molar refractivity (Wildman–Crippen MR) is 108 cm³/mol. The Bertz CT molecular complexity index is 634. The Hall–Kier alpha value is -2.31. The first-order valence-electron chi connectivity index (χ1n) is 9.81. The van der Waals surface area contributed by atoms with Gasteiger partial charge in [-0.05, 0) is 59.4 Å². The molecule has 1 aromatic heterocycles. The van der Waals surface area contributed by atoms with Crippen molar-refractivity contribution < 1.29 is 9.53 Å². The van der Waals surface area contributed by atoms with Crippen molar-refractivity contribution in [3.63, 3.8) is 0 Å². The Morgan fingerprint density at radius 1 is 1.30 bits per heavy atom. The van der Waals surface area contributed by atoms with E-state index < -0.39 is 0 Å². The molecule has 1 aliphatic carbocycles. The normalized spacial score (nSPS) is 15.5. The molecule has 0 unspecified atom stereocenters. The molecule has 1 heterocycles. The highest BCUT2D eigenvalue weighted by molar-refractivity contribution is 5.86. The molecular formula is C20H33N5O2. The molecule has 7 heteroatoms. The number of guanidine groups is 1. The lowest BCUT2D eigenvalue weighted by atomic mass is 10.1. The SMILES string of the molecule is CCNC(=NCc1cccnc1OC1CCCC1)NCC(=O)NC(C)(C)C. The van der Waals surface area contributed by atoms with Crippen molar-refractivity contribution in [2.75, 3.05) is 13.1 Å². The maximum absolute atomic E-state index is 12.0. The van der Waals surface area contributed by atoms with Crippen LogP contribution >= 0.6 is 0 Å². The number of amides is 1. The molecular weight excluding hydrogens is 342 g/mol. The average molecular weight is 376 g/mol. The number of nitrogens with one attached hydrogen (secondary N) is 3. The lowest BCUT2D eigenvalue weighted by molar-refractivity contribution is -0.121. The van der Waals surface area contributed by atoms with Crippen LogP contribution in [0.15, 0.2) is 23.3 Å². The van der Waals surface area contributed by atoms with Crippen molar-refractivity contribution in [3.8, 4) is 5.88 Å². The summed E-state index contributed by atoms with van der Waals surface area (Å²) in [4.78, 5) is 21.0. The first-order valence-corrected chi connectivity index (χ1v) is 9.81. The molecule has 1 amide bonds. The minimum Gasteiger partial charge on any atom is -0.474 e. The van der Waals surface area contributed by atoms with Gasteiger partial charge in [0.05, 0.1) is 13.1 Å². The molecule has 0 radical (unpaired) electrons. The minimum atomic E-state index is -0.254. The highest BCUT2D eigenvalue weighted by Crippen LogP contribution is 2.25. The number of aromatic nitrogens is 1. The molecule has 1 aliphatic rings. The maximum atomic E-state index is 12.0. The molecule has 27 heavy (non-hydrogen) atoms. The fourth-order valence-electron chi connectivity index (χ4n) is 2.95. The Kier molecular flexibility index (Phi) is 7.88. The number of ether oxygens (including phenoxy) is 1. The van der Waals surface area contributed by atoms with E-state index in [1.54, 1.807) is 6.20 Å². The van der Waals surface area contributed by atoms with Crippen LogP contribution in [-0.4, -0.2) is 41.6 Å². The van der Waals surface area contributed by atoms with Crippen molar-refractivity contribution in [3.05, 3.63) is 23.9 Å². The zero-order valence-electron chi connectivity index (χ0n) is 17.0. The van der Waals surface area contributed by atoms with Gasteiger partial charge in [0.25, 0.3) is 0 Å². The monoisotopic (exact) mass is 375 g/mol. The van der Waals surface area contributed by atoms with E-state index in [0.717, 1.165) is 18.4 Å². The number of carbonyl (C=O) groups is 1. The Morgan fingerprint density at radius 2 is 2.04 bits per heavy atom. The summed E-state index contributed by atoms with van der Waals surface area (Å²) in [6, 6.07) is 3.88. The molecule has 0 spiro atoms. The van der Waals surface area contributed by atoms with Crippen LogP contribution in [0.1, 0.15) is 58.9 Å². The molecule has 1 saturated carbocycles. The number of nitrogens with zero attached hydrogens (tertiary/aromatic N) is 2. The summed E-state index contributed by atoms with van der Waals surface area (Å²) in [5.74, 6) is 1.19. The molecule has 1 fully saturated rings. The molecule has 1 aromatic rings. The van der Waals surface area contributed by atoms with Gasteiger partial charge in [-0.15, -0.1) is 0 Å². The van der Waals surface area contributed by atoms with Crippen LogP contribution in [0.5, 0.6) is 5.88 Å². The summed E-state index contributed by atoms with van der Waals surface area (Å²) in [7, 11) is 0. The highest BCUT2D eigenvalue weighted by Gasteiger charge is 2.18. The number of rotatable bonds is 7. The molecule has 150 valence electrons. The summed E-state index contributed by atoms with van der Waals surface area (Å²) < 4.78 is 6.07. The van der Waals surface area contributed by atoms with Crippen LogP contribution < -0.4 is 20.7 Å². The number of pyridine rings is 1. The van der Waals surface area contributed by atoms with Crippen LogP contribution in [0.3, 0.4) is 0 Å². The second-order valence-corrected chi connectivity index (χ2v) is 7.84. The third kappa shape index (κ3) is 7.85. The van der Waals surface area contributed by atoms with Crippen molar-refractivity contribution in [1.82, 2.24) is 20.9 Å². The second-order valence-electron chi connectivity index (χ2n) is 7.84. The van der Waals surface area contributed by atoms with E-state index in [2.05, 4.69) is 25.9 Å². The number of carbonyl (C=O) groups excluding carboxylic acids is 1. The van der Waals surface area contributed by atoms with Gasteiger partial charge in [-0.2, -0.15) is 0 Å². The Morgan fingerprint density at radius 3 is 2.70 bits per heavy atom. The van der Waals surface area contributed by atoms with E-state index in [1.807, 2.05) is 39.8 Å². The maximum Gasteiger partial charge on any atom is 0.239 e. The fourth-order valence-corrected chi connectivity index (χ4v) is 2.95. The average Bonchev–Trinajstić information content (AvgIpc) is 3.10. The van der Waals surface area contributed by atoms with E-state index in [9.17, 15) is 4.79 Å². The molecule has 0 aromatic carbocycles. The van der Waals surface area contributed by atoms with Gasteiger partial charge in [-0.3, -0.25) is 4.79 Å². The lowest BCUT2D eigenvalue weighted by Crippen LogP contribution is -2.48. The first kappa shape index (κ1) is 21.0. The summed E-state index contributed by atoms with van der Waals surface area (Å²) in [6.07, 6.45) is 6.62. The Balaban J connectivity index is 1.96. The number of aliphatic imine (C=N–C) groups is 1. The molecule has 0 bridgehead atoms. The van der Waals surface area contributed by atoms with Crippen molar-refractivity contribution in [2.45, 2.75) is 71.6 Å². The molecule has 0 aliphatic heterocycles. The topological polar surface area (TPSA) is 87.6 Å². The minimum absolute atomic E-state index is 0.0697. The molecule has 3 N–H and O–H groups in total. The van der Waals surface area contributed by atoms with E-state index in [-0.39, 0.29) is 24.1 Å². The number of hydrogen-bond donors (Lipinski definition) is 3. The molecule has 2 rings (SSSR count). The standard InChI is InChI=1S/C20H33N5O2/c1-5-21-19(24-14-17(26)25-20(2,3)4)23-13-15-9-8-12-22-18(15)27-16-10-6-7-11-16/h8-9,12,16H,5-7,10-11,13-14H2,1-4H3,(H,25,26)(H2,21,23,24). The number of hydrogen-bond acceptors (Lipinski definition) is 4. The van der Waals surface area contributed by atoms with Crippen molar-refractivity contribution >= 4 is 11.9 Å². The van der Waals surface area contributed by atoms with Gasteiger partial charge in [0.15, 0.2) is 5.96 Å². The molecule has 0 saturated heterocycles. The summed E-state index contributed by atoms with van der Waals surface area (Å²) in [6.45, 7) is 9.18. The van der Waals surface area contributed by atoms with Gasteiger partial charge < -0.3 is 20.7 Å². The summed E-state index contributed by atoms with van der Waals surface area (Å²) in [5.41, 5.74) is 0.692. The van der Waals surface area contributed by atoms with Crippen LogP contribution in [0, 0.1) is 0 Å². The largest absolute Gasteiger partial charge is 0.474 e. The summed E-state index contributed by atoms with van der Waals surface area (Å²) in [5, 5.41) is 9.16. The fraction of sp³-hybridized carbons (Fsp3) is 0.650. The predicted octanol–water partition coefficient (Wildman–Crippen LogP) is 2.37. The van der Waals surface area contributed by atoms with Gasteiger partial charge in [0, 0.05) is 23.8 Å². The van der Waals surface area contributed by atoms with Gasteiger partial charge in [0.2, 0.25) is 11.8 Å². The van der Waals surface area contributed by atoms with Crippen LogP contribution in [-0.2, 0) is 11.3 Å². The van der Waals surface area contributed by atoms with Crippen molar-refractivity contribution in [2.24, 2.45) is 4.99 Å². The Labute approximate surface area is 162 Å². The third-order valence-corrected chi connectivity index (χ3v) is 4.11. The smallest absolute Gasteiger partial charge is 0.239 e. The van der Waals surface area contributed by atoms with Crippen LogP contribution in [0.4, 0.5) is 0 Å². The van der Waals surface area contributed by atoms with E-state index >= 15 is 0 Å². The lowest BCUT2D eigenvalue weighted by Gasteiger charge is -2.21. The zero-order valence-corrected chi connectivity index (χ0v) is 17.0. The van der Waals surface area contributed by atoms with Gasteiger partial charge >= 0.3 is 0 Å². The van der Waals surface area contributed by atoms with E-state index in [1.165, 1.54) is 12.8 Å². The van der Waals surface area contributed by atoms with Crippen LogP contribution in [0.2, 0.25) is 0 Å². The second kappa shape index (κ2) is 10.1. The van der Waals surface area contributed by atoms with Gasteiger partial charge in [-0.1, -0.05) is 6.07 Å². The summed E-state index contributed by atoms with van der Waals surface area (Å²) >= 11 is 0. The first-order chi connectivity index (χ1) is 12.9. The molecule has 7 nitrogen and oxygen atoms in total. The van der Waals surface area contributed by atoms with E-state index in [4.69, 9.17) is 4.74 Å². The third-order valence-electron chi connectivity index (χ3n) is 4.11. The van der Waals surface area contributed by atoms with Crippen molar-refractivity contribution in [1.29, 1.82) is 0 Å². The quantitative estimate of drug-likeness (QED) is 0.503.